The third-order valence-electron chi connectivity index (χ3n) is 4.19. The van der Waals surface area contributed by atoms with Crippen LogP contribution in [0.3, 0.4) is 0 Å². The molecule has 0 radical (unpaired) electrons. The second kappa shape index (κ2) is 7.03. The van der Waals surface area contributed by atoms with Crippen molar-refractivity contribution in [3.05, 3.63) is 35.0 Å². The Kier molecular flexibility index (Phi) is 4.99. The SMILES string of the molecule is CC1CCN(c2cnnc(Nc3ccc(Cl)cc3C(F)(F)F)n2)CC1. The number of hydrogen-bond acceptors (Lipinski definition) is 5. The zero-order valence-corrected chi connectivity index (χ0v) is 14.3. The van der Waals surface area contributed by atoms with E-state index in [-0.39, 0.29) is 16.7 Å². The molecule has 1 N–H and O–H groups in total. The third-order valence-corrected chi connectivity index (χ3v) is 4.42. The summed E-state index contributed by atoms with van der Waals surface area (Å²) in [6, 6.07) is 3.50. The smallest absolute Gasteiger partial charge is 0.355 e. The van der Waals surface area contributed by atoms with Gasteiger partial charge in [0.25, 0.3) is 0 Å². The normalized spacial score (nSPS) is 16.1. The summed E-state index contributed by atoms with van der Waals surface area (Å²) in [6.07, 6.45) is -0.931. The van der Waals surface area contributed by atoms with Crippen molar-refractivity contribution in [3.8, 4) is 0 Å². The Morgan fingerprint density at radius 2 is 1.96 bits per heavy atom. The van der Waals surface area contributed by atoms with Crippen LogP contribution in [0.15, 0.2) is 24.4 Å². The molecule has 1 saturated heterocycles. The topological polar surface area (TPSA) is 53.9 Å². The maximum atomic E-state index is 13.2. The van der Waals surface area contributed by atoms with E-state index in [1.54, 1.807) is 0 Å². The molecule has 5 nitrogen and oxygen atoms in total. The summed E-state index contributed by atoms with van der Waals surface area (Å²) in [4.78, 5) is 6.37. The lowest BCUT2D eigenvalue weighted by Gasteiger charge is -2.30. The van der Waals surface area contributed by atoms with Crippen molar-refractivity contribution in [2.24, 2.45) is 5.92 Å². The van der Waals surface area contributed by atoms with Crippen LogP contribution in [-0.2, 0) is 6.18 Å². The van der Waals surface area contributed by atoms with Gasteiger partial charge in [0.2, 0.25) is 5.95 Å². The fourth-order valence-corrected chi connectivity index (χ4v) is 2.89. The fourth-order valence-electron chi connectivity index (χ4n) is 2.72. The van der Waals surface area contributed by atoms with Gasteiger partial charge < -0.3 is 10.2 Å². The molecule has 0 bridgehead atoms. The molecule has 3 rings (SSSR count). The molecule has 0 unspecified atom stereocenters. The summed E-state index contributed by atoms with van der Waals surface area (Å²) in [7, 11) is 0. The van der Waals surface area contributed by atoms with Crippen LogP contribution < -0.4 is 10.2 Å². The number of halogens is 4. The molecule has 0 saturated carbocycles. The van der Waals surface area contributed by atoms with Crippen molar-refractivity contribution >= 4 is 29.1 Å². The van der Waals surface area contributed by atoms with Gasteiger partial charge in [-0.25, -0.2) is 0 Å². The van der Waals surface area contributed by atoms with Crippen LogP contribution in [0.5, 0.6) is 0 Å². The van der Waals surface area contributed by atoms with Gasteiger partial charge in [-0.05, 0) is 37.0 Å². The van der Waals surface area contributed by atoms with Crippen LogP contribution in [0.1, 0.15) is 25.3 Å². The lowest BCUT2D eigenvalue weighted by Crippen LogP contribution is -2.33. The van der Waals surface area contributed by atoms with E-state index in [1.807, 2.05) is 0 Å². The Hall–Kier alpha value is -2.09. The highest BCUT2D eigenvalue weighted by atomic mass is 35.5. The Morgan fingerprint density at radius 1 is 1.24 bits per heavy atom. The van der Waals surface area contributed by atoms with Gasteiger partial charge >= 0.3 is 6.18 Å². The Bertz CT molecular complexity index is 745. The van der Waals surface area contributed by atoms with Crippen LogP contribution in [0.4, 0.5) is 30.6 Å². The van der Waals surface area contributed by atoms with Crippen LogP contribution >= 0.6 is 11.6 Å². The van der Waals surface area contributed by atoms with Crippen molar-refractivity contribution in [1.82, 2.24) is 15.2 Å². The molecule has 1 aliphatic rings. The summed E-state index contributed by atoms with van der Waals surface area (Å²) in [6.45, 7) is 3.88. The minimum absolute atomic E-state index is 0.00751. The van der Waals surface area contributed by atoms with E-state index in [4.69, 9.17) is 11.6 Å². The van der Waals surface area contributed by atoms with Crippen molar-refractivity contribution < 1.29 is 13.2 Å². The molecule has 0 amide bonds. The average Bonchev–Trinajstić information content (AvgIpc) is 2.56. The molecule has 2 aromatic rings. The summed E-state index contributed by atoms with van der Waals surface area (Å²) in [5, 5.41) is 10.3. The van der Waals surface area contributed by atoms with Crippen LogP contribution in [0, 0.1) is 5.92 Å². The molecule has 1 fully saturated rings. The summed E-state index contributed by atoms with van der Waals surface area (Å²) in [5.74, 6) is 1.28. The lowest BCUT2D eigenvalue weighted by atomic mass is 9.99. The number of rotatable bonds is 3. The Morgan fingerprint density at radius 3 is 2.64 bits per heavy atom. The first kappa shape index (κ1) is 17.7. The van der Waals surface area contributed by atoms with E-state index >= 15 is 0 Å². The average molecular weight is 372 g/mol. The largest absolute Gasteiger partial charge is 0.418 e. The van der Waals surface area contributed by atoms with E-state index in [2.05, 4.69) is 32.3 Å². The van der Waals surface area contributed by atoms with Gasteiger partial charge in [0.1, 0.15) is 0 Å². The second-order valence-electron chi connectivity index (χ2n) is 6.12. The lowest BCUT2D eigenvalue weighted by molar-refractivity contribution is -0.136. The quantitative estimate of drug-likeness (QED) is 0.859. The number of piperidine rings is 1. The predicted octanol–water partition coefficient (Wildman–Crippen LogP) is 4.52. The maximum Gasteiger partial charge on any atom is 0.418 e. The zero-order valence-electron chi connectivity index (χ0n) is 13.5. The monoisotopic (exact) mass is 371 g/mol. The van der Waals surface area contributed by atoms with Crippen molar-refractivity contribution in [2.75, 3.05) is 23.3 Å². The summed E-state index contributed by atoms with van der Waals surface area (Å²) < 4.78 is 39.5. The molecule has 0 spiro atoms. The predicted molar refractivity (Wildman–Crippen MR) is 90.2 cm³/mol. The molecule has 1 aliphatic heterocycles. The molecule has 1 aromatic heterocycles. The molecule has 1 aromatic carbocycles. The van der Waals surface area contributed by atoms with Crippen LogP contribution in [0.2, 0.25) is 5.02 Å². The molecule has 25 heavy (non-hydrogen) atoms. The zero-order chi connectivity index (χ0) is 18.0. The first-order valence-corrected chi connectivity index (χ1v) is 8.29. The first-order valence-electron chi connectivity index (χ1n) is 7.91. The number of benzene rings is 1. The van der Waals surface area contributed by atoms with Gasteiger partial charge in [0, 0.05) is 18.1 Å². The molecule has 9 heteroatoms. The van der Waals surface area contributed by atoms with E-state index in [1.165, 1.54) is 18.3 Å². The Labute approximate surface area is 148 Å². The minimum atomic E-state index is -4.54. The van der Waals surface area contributed by atoms with E-state index in [0.717, 1.165) is 32.0 Å². The fraction of sp³-hybridized carbons (Fsp3) is 0.438. The number of nitrogens with zero attached hydrogens (tertiary/aromatic N) is 4. The van der Waals surface area contributed by atoms with Gasteiger partial charge in [-0.2, -0.15) is 23.3 Å². The molecule has 0 aliphatic carbocycles. The standard InChI is InChI=1S/C16H17ClF3N5/c1-10-4-6-25(7-5-10)14-9-21-24-15(23-14)22-13-3-2-11(17)8-12(13)16(18,19)20/h2-3,8-10H,4-7H2,1H3,(H,22,23,24). The highest BCUT2D eigenvalue weighted by Crippen LogP contribution is 2.37. The molecular weight excluding hydrogens is 355 g/mol. The molecular formula is C16H17ClF3N5. The van der Waals surface area contributed by atoms with Crippen molar-refractivity contribution in [1.29, 1.82) is 0 Å². The van der Waals surface area contributed by atoms with E-state index in [0.29, 0.717) is 11.7 Å². The van der Waals surface area contributed by atoms with Gasteiger partial charge in [-0.1, -0.05) is 18.5 Å². The highest BCUT2D eigenvalue weighted by molar-refractivity contribution is 6.30. The third kappa shape index (κ3) is 4.31. The highest BCUT2D eigenvalue weighted by Gasteiger charge is 2.34. The molecule has 0 atom stereocenters. The van der Waals surface area contributed by atoms with Gasteiger partial charge in [0.05, 0.1) is 17.4 Å². The number of anilines is 3. The first-order chi connectivity index (χ1) is 11.8. The molecule has 134 valence electrons. The summed E-state index contributed by atoms with van der Waals surface area (Å²) >= 11 is 5.69. The summed E-state index contributed by atoms with van der Waals surface area (Å²) in [5.41, 5.74) is -1.04. The number of alkyl halides is 3. The van der Waals surface area contributed by atoms with Gasteiger partial charge in [-0.3, -0.25) is 0 Å². The second-order valence-corrected chi connectivity index (χ2v) is 6.56. The van der Waals surface area contributed by atoms with Crippen LogP contribution in [-0.4, -0.2) is 28.3 Å². The van der Waals surface area contributed by atoms with Crippen LogP contribution in [0.25, 0.3) is 0 Å². The van der Waals surface area contributed by atoms with Gasteiger partial charge in [-0.15, -0.1) is 5.10 Å². The van der Waals surface area contributed by atoms with E-state index in [9.17, 15) is 13.2 Å². The number of aromatic nitrogens is 3. The maximum absolute atomic E-state index is 13.2. The minimum Gasteiger partial charge on any atom is -0.355 e. The number of hydrogen-bond donors (Lipinski definition) is 1. The Balaban J connectivity index is 1.84. The van der Waals surface area contributed by atoms with E-state index < -0.39 is 11.7 Å². The molecule has 2 heterocycles. The van der Waals surface area contributed by atoms with Crippen molar-refractivity contribution in [2.45, 2.75) is 25.9 Å². The van der Waals surface area contributed by atoms with Crippen molar-refractivity contribution in [3.63, 3.8) is 0 Å². The number of nitrogens with one attached hydrogen (secondary N) is 1. The van der Waals surface area contributed by atoms with Gasteiger partial charge in [0.15, 0.2) is 5.82 Å².